The molecule has 2 aromatic rings. The van der Waals surface area contributed by atoms with Crippen molar-refractivity contribution in [2.45, 2.75) is 51.0 Å². The van der Waals surface area contributed by atoms with Gasteiger partial charge in [-0.3, -0.25) is 0 Å². The lowest BCUT2D eigenvalue weighted by molar-refractivity contribution is 0.0795. The number of anilines is 1. The van der Waals surface area contributed by atoms with Crippen molar-refractivity contribution in [3.05, 3.63) is 22.7 Å². The maximum Gasteiger partial charge on any atom is 0.0969 e. The largest absolute Gasteiger partial charge is 0.398 e. The monoisotopic (exact) mass is 320 g/mol. The molecule has 22 heavy (non-hydrogen) atoms. The molecule has 0 spiro atoms. The van der Waals surface area contributed by atoms with Crippen LogP contribution in [0.25, 0.3) is 10.2 Å². The molecule has 0 aliphatic heterocycles. The van der Waals surface area contributed by atoms with Gasteiger partial charge in [0.15, 0.2) is 0 Å². The normalized spacial score (nSPS) is 23.1. The van der Waals surface area contributed by atoms with Crippen molar-refractivity contribution < 1.29 is 10.2 Å². The first-order valence-electron chi connectivity index (χ1n) is 7.92. The highest BCUT2D eigenvalue weighted by molar-refractivity contribution is 7.18. The summed E-state index contributed by atoms with van der Waals surface area (Å²) in [5.74, 6) is 0.954. The Morgan fingerprint density at radius 1 is 1.27 bits per heavy atom. The third-order valence-corrected chi connectivity index (χ3v) is 5.87. The highest BCUT2D eigenvalue weighted by Gasteiger charge is 2.25. The first-order valence-corrected chi connectivity index (χ1v) is 8.74. The minimum atomic E-state index is -0.957. The van der Waals surface area contributed by atoms with Crippen molar-refractivity contribution in [1.82, 2.24) is 4.98 Å². The number of nitrogens with zero attached hydrogens (tertiary/aromatic N) is 1. The Morgan fingerprint density at radius 3 is 2.55 bits per heavy atom. The number of thiazole rings is 1. The SMILES string of the molecule is CC(C)(O)c1cc2nc([C@H]3CC[C@H](CO)CC3)sc2cc1N. The van der Waals surface area contributed by atoms with Crippen LogP contribution in [0, 0.1) is 5.92 Å². The molecule has 1 heterocycles. The predicted octanol–water partition coefficient (Wildman–Crippen LogP) is 3.37. The molecule has 0 amide bonds. The van der Waals surface area contributed by atoms with Gasteiger partial charge in [-0.2, -0.15) is 0 Å². The number of nitrogens with two attached hydrogens (primary N) is 1. The molecule has 0 saturated heterocycles. The fraction of sp³-hybridized carbons (Fsp3) is 0.588. The second kappa shape index (κ2) is 5.80. The minimum absolute atomic E-state index is 0.304. The molecule has 0 unspecified atom stereocenters. The van der Waals surface area contributed by atoms with Gasteiger partial charge in [0.2, 0.25) is 0 Å². The lowest BCUT2D eigenvalue weighted by Crippen LogP contribution is -2.17. The van der Waals surface area contributed by atoms with Gasteiger partial charge < -0.3 is 15.9 Å². The predicted molar refractivity (Wildman–Crippen MR) is 91.1 cm³/mol. The molecule has 1 aromatic carbocycles. The van der Waals surface area contributed by atoms with Crippen LogP contribution in [0.1, 0.15) is 56.0 Å². The Kier molecular flexibility index (Phi) is 4.14. The maximum absolute atomic E-state index is 10.2. The smallest absolute Gasteiger partial charge is 0.0969 e. The molecule has 0 radical (unpaired) electrons. The standard InChI is InChI=1S/C17H24N2O2S/c1-17(2,21)12-7-14-15(8-13(12)18)22-16(19-14)11-5-3-10(9-20)4-6-11/h7-8,10-11,20-21H,3-6,9,18H2,1-2H3/t10-,11-. The molecular formula is C17H24N2O2S. The summed E-state index contributed by atoms with van der Waals surface area (Å²) in [5, 5.41) is 20.6. The van der Waals surface area contributed by atoms with Crippen LogP contribution in [-0.4, -0.2) is 21.8 Å². The number of benzene rings is 1. The van der Waals surface area contributed by atoms with Crippen LogP contribution in [0.15, 0.2) is 12.1 Å². The van der Waals surface area contributed by atoms with Crippen LogP contribution in [0.2, 0.25) is 0 Å². The summed E-state index contributed by atoms with van der Waals surface area (Å²) in [4.78, 5) is 4.79. The maximum atomic E-state index is 10.2. The highest BCUT2D eigenvalue weighted by atomic mass is 32.1. The molecule has 1 saturated carbocycles. The van der Waals surface area contributed by atoms with E-state index in [1.807, 2.05) is 12.1 Å². The number of hydrogen-bond donors (Lipinski definition) is 3. The van der Waals surface area contributed by atoms with Crippen molar-refractivity contribution in [2.75, 3.05) is 12.3 Å². The average molecular weight is 320 g/mol. The van der Waals surface area contributed by atoms with Gasteiger partial charge >= 0.3 is 0 Å². The zero-order chi connectivity index (χ0) is 15.9. The van der Waals surface area contributed by atoms with Gasteiger partial charge in [-0.25, -0.2) is 4.98 Å². The summed E-state index contributed by atoms with van der Waals surface area (Å²) < 4.78 is 1.09. The number of hydrogen-bond acceptors (Lipinski definition) is 5. The van der Waals surface area contributed by atoms with E-state index in [9.17, 15) is 10.2 Å². The first kappa shape index (κ1) is 15.7. The summed E-state index contributed by atoms with van der Waals surface area (Å²) in [6.45, 7) is 3.79. The van der Waals surface area contributed by atoms with Crippen molar-refractivity contribution in [3.8, 4) is 0 Å². The molecule has 0 bridgehead atoms. The second-order valence-electron chi connectivity index (χ2n) is 6.92. The van der Waals surface area contributed by atoms with E-state index in [0.29, 0.717) is 24.1 Å². The van der Waals surface area contributed by atoms with Crippen molar-refractivity contribution in [2.24, 2.45) is 5.92 Å². The van der Waals surface area contributed by atoms with Crippen molar-refractivity contribution in [1.29, 1.82) is 0 Å². The third kappa shape index (κ3) is 2.98. The fourth-order valence-electron chi connectivity index (χ4n) is 3.30. The van der Waals surface area contributed by atoms with Crippen molar-refractivity contribution >= 4 is 27.2 Å². The number of fused-ring (bicyclic) bond motifs is 1. The van der Waals surface area contributed by atoms with Crippen LogP contribution < -0.4 is 5.73 Å². The lowest BCUT2D eigenvalue weighted by atomic mass is 9.83. The van der Waals surface area contributed by atoms with E-state index in [1.165, 1.54) is 5.01 Å². The summed E-state index contributed by atoms with van der Waals surface area (Å²) in [5.41, 5.74) is 7.42. The zero-order valence-electron chi connectivity index (χ0n) is 13.2. The summed E-state index contributed by atoms with van der Waals surface area (Å²) in [7, 11) is 0. The molecule has 1 aromatic heterocycles. The van der Waals surface area contributed by atoms with Crippen LogP contribution in [-0.2, 0) is 5.60 Å². The second-order valence-corrected chi connectivity index (χ2v) is 7.98. The molecule has 3 rings (SSSR count). The van der Waals surface area contributed by atoms with Crippen molar-refractivity contribution in [3.63, 3.8) is 0 Å². The van der Waals surface area contributed by atoms with Gasteiger partial charge in [0.05, 0.1) is 20.8 Å². The van der Waals surface area contributed by atoms with E-state index < -0.39 is 5.60 Å². The molecule has 0 atom stereocenters. The van der Waals surface area contributed by atoms with Crippen LogP contribution in [0.3, 0.4) is 0 Å². The van der Waals surface area contributed by atoms with E-state index >= 15 is 0 Å². The summed E-state index contributed by atoms with van der Waals surface area (Å²) >= 11 is 1.71. The Hall–Kier alpha value is -1.17. The van der Waals surface area contributed by atoms with Crippen LogP contribution in [0.4, 0.5) is 5.69 Å². The summed E-state index contributed by atoms with van der Waals surface area (Å²) in [6, 6.07) is 3.85. The molecule has 1 fully saturated rings. The van der Waals surface area contributed by atoms with E-state index in [2.05, 4.69) is 0 Å². The Labute approximate surface area is 135 Å². The first-order chi connectivity index (χ1) is 10.4. The Bertz CT molecular complexity index is 667. The molecule has 120 valence electrons. The number of nitrogen functional groups attached to an aromatic ring is 1. The van der Waals surface area contributed by atoms with E-state index in [0.717, 1.165) is 41.5 Å². The fourth-order valence-corrected chi connectivity index (χ4v) is 4.47. The van der Waals surface area contributed by atoms with E-state index in [-0.39, 0.29) is 0 Å². The molecule has 4 nitrogen and oxygen atoms in total. The Balaban J connectivity index is 1.90. The molecular weight excluding hydrogens is 296 g/mol. The highest BCUT2D eigenvalue weighted by Crippen LogP contribution is 2.40. The summed E-state index contributed by atoms with van der Waals surface area (Å²) in [6.07, 6.45) is 4.35. The van der Waals surface area contributed by atoms with Gasteiger partial charge in [-0.05, 0) is 57.6 Å². The van der Waals surface area contributed by atoms with Gasteiger partial charge in [-0.15, -0.1) is 11.3 Å². The van der Waals surface area contributed by atoms with Gasteiger partial charge in [-0.1, -0.05) is 0 Å². The van der Waals surface area contributed by atoms with E-state index in [1.54, 1.807) is 25.2 Å². The number of aliphatic hydroxyl groups excluding tert-OH is 1. The molecule has 1 aliphatic carbocycles. The third-order valence-electron chi connectivity index (χ3n) is 4.69. The van der Waals surface area contributed by atoms with Gasteiger partial charge in [0.1, 0.15) is 0 Å². The molecule has 4 N–H and O–H groups in total. The molecule has 5 heteroatoms. The van der Waals surface area contributed by atoms with Gasteiger partial charge in [0, 0.05) is 23.8 Å². The quantitative estimate of drug-likeness (QED) is 0.758. The zero-order valence-corrected chi connectivity index (χ0v) is 14.0. The Morgan fingerprint density at radius 2 is 1.95 bits per heavy atom. The minimum Gasteiger partial charge on any atom is -0.398 e. The van der Waals surface area contributed by atoms with Crippen LogP contribution in [0.5, 0.6) is 0 Å². The average Bonchev–Trinajstić information content (AvgIpc) is 2.88. The van der Waals surface area contributed by atoms with Gasteiger partial charge in [0.25, 0.3) is 0 Å². The van der Waals surface area contributed by atoms with Crippen LogP contribution >= 0.6 is 11.3 Å². The van der Waals surface area contributed by atoms with E-state index in [4.69, 9.17) is 10.7 Å². The molecule has 1 aliphatic rings. The lowest BCUT2D eigenvalue weighted by Gasteiger charge is -2.25. The number of rotatable bonds is 3. The topological polar surface area (TPSA) is 79.4 Å². The number of aromatic nitrogens is 1. The number of aliphatic hydroxyl groups is 2.